The van der Waals surface area contributed by atoms with Crippen molar-refractivity contribution in [3.05, 3.63) is 61.0 Å². The Morgan fingerprint density at radius 1 is 0.926 bits per heavy atom. The van der Waals surface area contributed by atoms with Crippen molar-refractivity contribution in [2.75, 3.05) is 20.0 Å². The lowest BCUT2D eigenvalue weighted by Crippen LogP contribution is -2.20. The van der Waals surface area contributed by atoms with Crippen molar-refractivity contribution >= 4 is 31.9 Å². The first kappa shape index (κ1) is 22.4. The minimum Gasteiger partial charge on any atom is -0.489 e. The van der Waals surface area contributed by atoms with Crippen LogP contribution in [0.4, 0.5) is 0 Å². The number of aliphatic hydroxyl groups excluding tert-OH is 2. The Balaban J connectivity index is 2.43. The van der Waals surface area contributed by atoms with Crippen LogP contribution in [0.25, 0.3) is 0 Å². The normalized spacial score (nSPS) is 11.7. The summed E-state index contributed by atoms with van der Waals surface area (Å²) in [5.74, 6) is 0.687. The standard InChI is InChI=1S/C21H26Br2O4/c1-13-7-15(8-14(2)17(13)11-26-12-25)21(3,4)16-9-18(22)20(19(23)10-16)27-6-5-24/h7-10,24-25H,5-6,11-12H2,1-4H3. The van der Waals surface area contributed by atoms with Crippen molar-refractivity contribution in [1.29, 1.82) is 0 Å². The molecule has 0 saturated heterocycles. The minimum atomic E-state index is -0.279. The number of benzene rings is 2. The van der Waals surface area contributed by atoms with E-state index in [1.807, 2.05) is 0 Å². The van der Waals surface area contributed by atoms with Gasteiger partial charge in [0, 0.05) is 5.41 Å². The SMILES string of the molecule is Cc1cc(C(C)(C)c2cc(Br)c(OCCO)c(Br)c2)cc(C)c1COCO. The van der Waals surface area contributed by atoms with Crippen molar-refractivity contribution in [3.63, 3.8) is 0 Å². The molecule has 27 heavy (non-hydrogen) atoms. The zero-order valence-corrected chi connectivity index (χ0v) is 19.3. The quantitative estimate of drug-likeness (QED) is 0.500. The third-order valence-corrected chi connectivity index (χ3v) is 5.99. The molecule has 0 aliphatic carbocycles. The summed E-state index contributed by atoms with van der Waals surface area (Å²) in [6, 6.07) is 8.48. The largest absolute Gasteiger partial charge is 0.489 e. The molecule has 2 N–H and O–H groups in total. The molecule has 0 spiro atoms. The molecule has 2 aromatic carbocycles. The third kappa shape index (κ3) is 5.12. The van der Waals surface area contributed by atoms with E-state index < -0.39 is 0 Å². The van der Waals surface area contributed by atoms with Gasteiger partial charge in [-0.2, -0.15) is 0 Å². The molecular weight excluding hydrogens is 476 g/mol. The number of aliphatic hydroxyl groups is 2. The van der Waals surface area contributed by atoms with Crippen LogP contribution in [0.2, 0.25) is 0 Å². The van der Waals surface area contributed by atoms with Gasteiger partial charge in [-0.3, -0.25) is 0 Å². The first-order valence-electron chi connectivity index (χ1n) is 8.74. The Labute approximate surface area is 177 Å². The highest BCUT2D eigenvalue weighted by Gasteiger charge is 2.26. The van der Waals surface area contributed by atoms with Gasteiger partial charge in [0.25, 0.3) is 0 Å². The van der Waals surface area contributed by atoms with Crippen LogP contribution in [-0.2, 0) is 16.8 Å². The summed E-state index contributed by atoms with van der Waals surface area (Å²) in [6.07, 6.45) is 0. The lowest BCUT2D eigenvalue weighted by molar-refractivity contribution is -0.0115. The summed E-state index contributed by atoms with van der Waals surface area (Å²) in [4.78, 5) is 0. The van der Waals surface area contributed by atoms with Gasteiger partial charge in [-0.15, -0.1) is 0 Å². The molecule has 148 valence electrons. The van der Waals surface area contributed by atoms with E-state index in [2.05, 4.69) is 83.8 Å². The lowest BCUT2D eigenvalue weighted by Gasteiger charge is -2.29. The zero-order valence-electron chi connectivity index (χ0n) is 16.1. The molecule has 0 bridgehead atoms. The fourth-order valence-electron chi connectivity index (χ4n) is 3.10. The predicted octanol–water partition coefficient (Wildman–Crippen LogP) is 4.99. The Kier molecular flexibility index (Phi) is 7.89. The van der Waals surface area contributed by atoms with Crippen molar-refractivity contribution in [3.8, 4) is 5.75 Å². The van der Waals surface area contributed by atoms with Crippen molar-refractivity contribution in [2.45, 2.75) is 39.7 Å². The molecule has 0 heterocycles. The van der Waals surface area contributed by atoms with Gasteiger partial charge in [0.15, 0.2) is 0 Å². The summed E-state index contributed by atoms with van der Waals surface area (Å²) >= 11 is 7.17. The fraction of sp³-hybridized carbons (Fsp3) is 0.429. The van der Waals surface area contributed by atoms with Crippen molar-refractivity contribution in [2.24, 2.45) is 0 Å². The Morgan fingerprint density at radius 2 is 1.44 bits per heavy atom. The van der Waals surface area contributed by atoms with Crippen molar-refractivity contribution < 1.29 is 19.7 Å². The lowest BCUT2D eigenvalue weighted by atomic mass is 9.76. The maximum Gasteiger partial charge on any atom is 0.147 e. The van der Waals surface area contributed by atoms with Crippen LogP contribution in [0.5, 0.6) is 5.75 Å². The molecule has 6 heteroatoms. The molecular formula is C21H26Br2O4. The maximum atomic E-state index is 8.99. The maximum absolute atomic E-state index is 8.99. The number of hydrogen-bond donors (Lipinski definition) is 2. The zero-order chi connectivity index (χ0) is 20.2. The topological polar surface area (TPSA) is 58.9 Å². The summed E-state index contributed by atoms with van der Waals surface area (Å²) in [5.41, 5.74) is 5.51. The highest BCUT2D eigenvalue weighted by molar-refractivity contribution is 9.11. The van der Waals surface area contributed by atoms with Crippen LogP contribution in [-0.4, -0.2) is 30.2 Å². The van der Waals surface area contributed by atoms with Gasteiger partial charge in [0.05, 0.1) is 22.2 Å². The van der Waals surface area contributed by atoms with Gasteiger partial charge in [0.1, 0.15) is 19.1 Å². The average Bonchev–Trinajstić information content (AvgIpc) is 2.60. The van der Waals surface area contributed by atoms with Gasteiger partial charge in [0.2, 0.25) is 0 Å². The summed E-state index contributed by atoms with van der Waals surface area (Å²) in [6.45, 7) is 8.86. The van der Waals surface area contributed by atoms with Crippen LogP contribution in [0.1, 0.15) is 41.7 Å². The van der Waals surface area contributed by atoms with Crippen molar-refractivity contribution in [1.82, 2.24) is 0 Å². The van der Waals surface area contributed by atoms with Gasteiger partial charge in [-0.25, -0.2) is 0 Å². The molecule has 4 nitrogen and oxygen atoms in total. The third-order valence-electron chi connectivity index (χ3n) is 4.81. The van der Waals surface area contributed by atoms with E-state index in [9.17, 15) is 0 Å². The second kappa shape index (κ2) is 9.52. The van der Waals surface area contributed by atoms with Crippen LogP contribution >= 0.6 is 31.9 Å². The minimum absolute atomic E-state index is 0.0307. The molecule has 0 radical (unpaired) electrons. The highest BCUT2D eigenvalue weighted by atomic mass is 79.9. The van der Waals surface area contributed by atoms with Gasteiger partial charge >= 0.3 is 0 Å². The molecule has 0 aromatic heterocycles. The second-order valence-electron chi connectivity index (χ2n) is 7.03. The molecule has 0 saturated carbocycles. The monoisotopic (exact) mass is 500 g/mol. The number of halogens is 2. The van der Waals surface area contributed by atoms with Crippen LogP contribution < -0.4 is 4.74 Å². The van der Waals surface area contributed by atoms with Crippen LogP contribution in [0.3, 0.4) is 0 Å². The van der Waals surface area contributed by atoms with E-state index in [0.717, 1.165) is 31.2 Å². The Hall–Kier alpha value is -0.920. The number of ether oxygens (including phenoxy) is 2. The fourth-order valence-corrected chi connectivity index (χ4v) is 4.52. The first-order chi connectivity index (χ1) is 12.7. The smallest absolute Gasteiger partial charge is 0.147 e. The van der Waals surface area contributed by atoms with E-state index in [0.29, 0.717) is 12.4 Å². The first-order valence-corrected chi connectivity index (χ1v) is 10.3. The molecule has 0 atom stereocenters. The molecule has 0 aliphatic heterocycles. The molecule has 2 rings (SSSR count). The number of rotatable bonds is 8. The highest BCUT2D eigenvalue weighted by Crippen LogP contribution is 2.41. The number of hydrogen-bond acceptors (Lipinski definition) is 4. The summed E-state index contributed by atoms with van der Waals surface area (Å²) in [7, 11) is 0. The summed E-state index contributed by atoms with van der Waals surface area (Å²) < 4.78 is 12.5. The van der Waals surface area contributed by atoms with E-state index in [4.69, 9.17) is 19.7 Å². The van der Waals surface area contributed by atoms with E-state index in [1.165, 1.54) is 5.56 Å². The van der Waals surface area contributed by atoms with Gasteiger partial charge in [-0.1, -0.05) is 26.0 Å². The van der Waals surface area contributed by atoms with E-state index in [1.54, 1.807) is 0 Å². The second-order valence-corrected chi connectivity index (χ2v) is 8.74. The van der Waals surface area contributed by atoms with E-state index >= 15 is 0 Å². The molecule has 0 amide bonds. The predicted molar refractivity (Wildman–Crippen MR) is 114 cm³/mol. The van der Waals surface area contributed by atoms with Gasteiger partial charge in [-0.05, 0) is 85.7 Å². The van der Waals surface area contributed by atoms with E-state index in [-0.39, 0.29) is 25.4 Å². The van der Waals surface area contributed by atoms with Crippen LogP contribution in [0, 0.1) is 13.8 Å². The molecule has 0 aliphatic rings. The Bertz CT molecular complexity index is 691. The Morgan fingerprint density at radius 3 is 1.93 bits per heavy atom. The average molecular weight is 502 g/mol. The van der Waals surface area contributed by atoms with Gasteiger partial charge < -0.3 is 19.7 Å². The number of aryl methyl sites for hydroxylation is 2. The van der Waals surface area contributed by atoms with Crippen LogP contribution in [0.15, 0.2) is 33.2 Å². The molecule has 2 aromatic rings. The summed E-state index contributed by atoms with van der Waals surface area (Å²) in [5, 5.41) is 17.9. The molecule has 0 fully saturated rings. The molecule has 0 unspecified atom stereocenters.